The zero-order chi connectivity index (χ0) is 14.6. The summed E-state index contributed by atoms with van der Waals surface area (Å²) in [5.74, 6) is -0.216. The Morgan fingerprint density at radius 2 is 2.00 bits per heavy atom. The van der Waals surface area contributed by atoms with Gasteiger partial charge in [0.1, 0.15) is 0 Å². The third-order valence-electron chi connectivity index (χ3n) is 3.62. The Balaban J connectivity index is 1.83. The summed E-state index contributed by atoms with van der Waals surface area (Å²) >= 11 is 0. The van der Waals surface area contributed by atoms with E-state index in [1.165, 1.54) is 0 Å². The highest BCUT2D eigenvalue weighted by Crippen LogP contribution is 2.26. The number of aryl methyl sites for hydroxylation is 1. The molecule has 1 amide bonds. The summed E-state index contributed by atoms with van der Waals surface area (Å²) in [6.07, 6.45) is 0.779. The van der Waals surface area contributed by atoms with E-state index in [2.05, 4.69) is 12.2 Å². The van der Waals surface area contributed by atoms with Crippen molar-refractivity contribution in [3.8, 4) is 0 Å². The Bertz CT molecular complexity index is 467. The van der Waals surface area contributed by atoms with Gasteiger partial charge in [-0.15, -0.1) is 0 Å². The van der Waals surface area contributed by atoms with Gasteiger partial charge < -0.3 is 14.8 Å². The van der Waals surface area contributed by atoms with E-state index in [4.69, 9.17) is 9.47 Å². The number of rotatable bonds is 5. The van der Waals surface area contributed by atoms with Crippen molar-refractivity contribution in [1.82, 2.24) is 5.32 Å². The Hall–Kier alpha value is -1.39. The molecule has 0 spiro atoms. The minimum absolute atomic E-state index is 0.0200. The molecule has 0 saturated carbocycles. The molecule has 1 fully saturated rings. The monoisotopic (exact) mass is 277 g/mol. The second kappa shape index (κ2) is 6.37. The smallest absolute Gasteiger partial charge is 0.251 e. The van der Waals surface area contributed by atoms with Crippen molar-refractivity contribution >= 4 is 5.91 Å². The van der Waals surface area contributed by atoms with E-state index in [1.807, 2.05) is 38.1 Å². The Morgan fingerprint density at radius 1 is 1.35 bits per heavy atom. The van der Waals surface area contributed by atoms with Crippen LogP contribution in [-0.2, 0) is 9.47 Å². The minimum atomic E-state index is -0.493. The molecule has 0 aromatic heterocycles. The number of carbonyl (C=O) groups excluding carboxylic acids is 1. The summed E-state index contributed by atoms with van der Waals surface area (Å²) in [5, 5.41) is 2.98. The summed E-state index contributed by atoms with van der Waals surface area (Å²) in [6.45, 7) is 7.92. The number of hydrogen-bond donors (Lipinski definition) is 1. The highest BCUT2D eigenvalue weighted by Gasteiger charge is 2.32. The molecule has 1 atom stereocenters. The van der Waals surface area contributed by atoms with E-state index in [9.17, 15) is 4.79 Å². The predicted octanol–water partition coefficient (Wildman–Crippen LogP) is 2.51. The number of benzene rings is 1. The van der Waals surface area contributed by atoms with Crippen molar-refractivity contribution in [2.45, 2.75) is 33.0 Å². The summed E-state index contributed by atoms with van der Waals surface area (Å²) in [4.78, 5) is 12.1. The summed E-state index contributed by atoms with van der Waals surface area (Å²) in [5.41, 5.74) is 1.73. The van der Waals surface area contributed by atoms with Crippen molar-refractivity contribution in [3.63, 3.8) is 0 Å². The van der Waals surface area contributed by atoms with Crippen LogP contribution in [0.3, 0.4) is 0 Å². The zero-order valence-electron chi connectivity index (χ0n) is 12.4. The van der Waals surface area contributed by atoms with Gasteiger partial charge in [0, 0.05) is 18.5 Å². The molecule has 0 aliphatic carbocycles. The first-order valence-electron chi connectivity index (χ1n) is 7.12. The predicted molar refractivity (Wildman–Crippen MR) is 77.6 cm³/mol. The summed E-state index contributed by atoms with van der Waals surface area (Å²) in [7, 11) is 0. The standard InChI is InChI=1S/C16H23NO3/c1-12(10-16(3)19-8-9-20-16)11-17-15(18)14-7-5-4-6-13(14)2/h4-7,12H,8-11H2,1-3H3,(H,17,18). The summed E-state index contributed by atoms with van der Waals surface area (Å²) < 4.78 is 11.2. The second-order valence-corrected chi connectivity index (χ2v) is 5.66. The number of nitrogens with one attached hydrogen (secondary N) is 1. The average molecular weight is 277 g/mol. The molecule has 1 N–H and O–H groups in total. The topological polar surface area (TPSA) is 47.6 Å². The van der Waals surface area contributed by atoms with Crippen LogP contribution in [0.1, 0.15) is 36.2 Å². The molecule has 20 heavy (non-hydrogen) atoms. The molecule has 1 unspecified atom stereocenters. The first kappa shape index (κ1) is 15.0. The lowest BCUT2D eigenvalue weighted by atomic mass is 10.0. The maximum atomic E-state index is 12.1. The fourth-order valence-electron chi connectivity index (χ4n) is 2.57. The van der Waals surface area contributed by atoms with Crippen molar-refractivity contribution in [2.75, 3.05) is 19.8 Å². The zero-order valence-corrected chi connectivity index (χ0v) is 12.4. The first-order valence-corrected chi connectivity index (χ1v) is 7.12. The van der Waals surface area contributed by atoms with Gasteiger partial charge in [-0.2, -0.15) is 0 Å². The molecule has 0 bridgehead atoms. The lowest BCUT2D eigenvalue weighted by Crippen LogP contribution is -2.34. The van der Waals surface area contributed by atoms with E-state index in [0.29, 0.717) is 25.7 Å². The highest BCUT2D eigenvalue weighted by atomic mass is 16.7. The lowest BCUT2D eigenvalue weighted by molar-refractivity contribution is -0.153. The molecule has 1 saturated heterocycles. The normalized spacial score (nSPS) is 18.8. The summed E-state index contributed by atoms with van der Waals surface area (Å²) in [6, 6.07) is 7.61. The van der Waals surface area contributed by atoms with Crippen LogP contribution in [0.2, 0.25) is 0 Å². The number of carbonyl (C=O) groups is 1. The van der Waals surface area contributed by atoms with Crippen LogP contribution in [-0.4, -0.2) is 31.5 Å². The van der Waals surface area contributed by atoms with Crippen LogP contribution in [0, 0.1) is 12.8 Å². The molecule has 1 aromatic carbocycles. The Labute approximate surface area is 120 Å². The van der Waals surface area contributed by atoms with E-state index in [1.54, 1.807) is 0 Å². The van der Waals surface area contributed by atoms with Crippen molar-refractivity contribution < 1.29 is 14.3 Å². The quantitative estimate of drug-likeness (QED) is 0.899. The van der Waals surface area contributed by atoms with Gasteiger partial charge in [-0.3, -0.25) is 4.79 Å². The molecule has 4 nitrogen and oxygen atoms in total. The number of hydrogen-bond acceptors (Lipinski definition) is 3. The Morgan fingerprint density at radius 3 is 2.65 bits per heavy atom. The molecule has 4 heteroatoms. The van der Waals surface area contributed by atoms with Crippen LogP contribution in [0.4, 0.5) is 0 Å². The van der Waals surface area contributed by atoms with Crippen LogP contribution in [0.25, 0.3) is 0 Å². The maximum absolute atomic E-state index is 12.1. The van der Waals surface area contributed by atoms with Gasteiger partial charge in [-0.1, -0.05) is 25.1 Å². The van der Waals surface area contributed by atoms with Gasteiger partial charge in [0.2, 0.25) is 0 Å². The maximum Gasteiger partial charge on any atom is 0.251 e. The van der Waals surface area contributed by atoms with Gasteiger partial charge in [-0.25, -0.2) is 0 Å². The molecular weight excluding hydrogens is 254 g/mol. The molecule has 1 aliphatic heterocycles. The molecule has 110 valence electrons. The van der Waals surface area contributed by atoms with Crippen LogP contribution < -0.4 is 5.32 Å². The Kier molecular flexibility index (Phi) is 4.78. The molecule has 1 aliphatic rings. The molecule has 1 aromatic rings. The third kappa shape index (κ3) is 3.81. The largest absolute Gasteiger partial charge is 0.352 e. The number of amides is 1. The lowest BCUT2D eigenvalue weighted by Gasteiger charge is -2.26. The van der Waals surface area contributed by atoms with Gasteiger partial charge in [0.25, 0.3) is 5.91 Å². The number of ether oxygens (including phenoxy) is 2. The molecule has 0 radical (unpaired) electrons. The average Bonchev–Trinajstić information content (AvgIpc) is 2.83. The fourth-order valence-corrected chi connectivity index (χ4v) is 2.57. The fraction of sp³-hybridized carbons (Fsp3) is 0.562. The van der Waals surface area contributed by atoms with E-state index in [0.717, 1.165) is 17.5 Å². The van der Waals surface area contributed by atoms with Crippen LogP contribution in [0.15, 0.2) is 24.3 Å². The van der Waals surface area contributed by atoms with Crippen molar-refractivity contribution in [2.24, 2.45) is 5.92 Å². The highest BCUT2D eigenvalue weighted by molar-refractivity contribution is 5.95. The van der Waals surface area contributed by atoms with E-state index in [-0.39, 0.29) is 5.91 Å². The molecular formula is C16H23NO3. The van der Waals surface area contributed by atoms with E-state index >= 15 is 0 Å². The van der Waals surface area contributed by atoms with Crippen LogP contribution in [0.5, 0.6) is 0 Å². The first-order chi connectivity index (χ1) is 9.50. The molecule has 2 rings (SSSR count). The third-order valence-corrected chi connectivity index (χ3v) is 3.62. The minimum Gasteiger partial charge on any atom is -0.352 e. The van der Waals surface area contributed by atoms with Crippen LogP contribution >= 0.6 is 0 Å². The van der Waals surface area contributed by atoms with E-state index < -0.39 is 5.79 Å². The van der Waals surface area contributed by atoms with Gasteiger partial charge >= 0.3 is 0 Å². The second-order valence-electron chi connectivity index (χ2n) is 5.66. The van der Waals surface area contributed by atoms with Gasteiger partial charge in [0.05, 0.1) is 13.2 Å². The molecule has 1 heterocycles. The van der Waals surface area contributed by atoms with Gasteiger partial charge in [0.15, 0.2) is 5.79 Å². The van der Waals surface area contributed by atoms with Crippen molar-refractivity contribution in [3.05, 3.63) is 35.4 Å². The SMILES string of the molecule is Cc1ccccc1C(=O)NCC(C)CC1(C)OCCO1. The van der Waals surface area contributed by atoms with Crippen molar-refractivity contribution in [1.29, 1.82) is 0 Å². The van der Waals surface area contributed by atoms with Gasteiger partial charge in [-0.05, 0) is 31.4 Å².